The maximum atomic E-state index is 4.21. The smallest absolute Gasteiger partial charge is 0.0964 e. The van der Waals surface area contributed by atoms with E-state index in [9.17, 15) is 0 Å². The Labute approximate surface area is 116 Å². The van der Waals surface area contributed by atoms with Crippen LogP contribution in [0.3, 0.4) is 0 Å². The van der Waals surface area contributed by atoms with E-state index in [1.165, 1.54) is 19.3 Å². The summed E-state index contributed by atoms with van der Waals surface area (Å²) in [6, 6.07) is 1.48. The minimum Gasteiger partial charge on any atom is -0.311 e. The molecule has 5 nitrogen and oxygen atoms in total. The van der Waals surface area contributed by atoms with Crippen LogP contribution in [-0.2, 0) is 13.1 Å². The number of nitrogens with one attached hydrogen (secondary N) is 1. The highest BCUT2D eigenvalue weighted by molar-refractivity contribution is 4.92. The van der Waals surface area contributed by atoms with Gasteiger partial charge in [-0.1, -0.05) is 19.1 Å². The second-order valence-electron chi connectivity index (χ2n) is 5.48. The maximum absolute atomic E-state index is 4.21. The fourth-order valence-corrected chi connectivity index (χ4v) is 2.97. The third-order valence-corrected chi connectivity index (χ3v) is 4.15. The largest absolute Gasteiger partial charge is 0.311 e. The molecular formula is C14H27N5. The summed E-state index contributed by atoms with van der Waals surface area (Å²) in [6.07, 6.45) is 6.00. The molecular weight excluding hydrogens is 238 g/mol. The van der Waals surface area contributed by atoms with Crippen LogP contribution in [0.1, 0.15) is 45.7 Å². The molecule has 2 atom stereocenters. The lowest BCUT2D eigenvalue weighted by Crippen LogP contribution is -2.36. The van der Waals surface area contributed by atoms with Gasteiger partial charge in [0, 0.05) is 31.4 Å². The molecule has 2 heterocycles. The van der Waals surface area contributed by atoms with E-state index in [-0.39, 0.29) is 0 Å². The fourth-order valence-electron chi connectivity index (χ4n) is 2.97. The summed E-state index contributed by atoms with van der Waals surface area (Å²) in [5.74, 6) is 0. The molecule has 5 heteroatoms. The molecule has 0 radical (unpaired) electrons. The molecule has 108 valence electrons. The fraction of sp³-hybridized carbons (Fsp3) is 0.857. The van der Waals surface area contributed by atoms with Crippen molar-refractivity contribution in [2.45, 2.75) is 65.2 Å². The van der Waals surface area contributed by atoms with E-state index < -0.39 is 0 Å². The number of aromatic nitrogens is 3. The Morgan fingerprint density at radius 2 is 2.16 bits per heavy atom. The molecule has 19 heavy (non-hydrogen) atoms. The molecule has 2 rings (SSSR count). The van der Waals surface area contributed by atoms with Crippen molar-refractivity contribution in [1.29, 1.82) is 0 Å². The average Bonchev–Trinajstić information content (AvgIpc) is 3.00. The van der Waals surface area contributed by atoms with Gasteiger partial charge in [-0.05, 0) is 32.7 Å². The average molecular weight is 265 g/mol. The Bertz CT molecular complexity index is 376. The van der Waals surface area contributed by atoms with Gasteiger partial charge in [0.25, 0.3) is 0 Å². The zero-order chi connectivity index (χ0) is 13.7. The molecule has 1 fully saturated rings. The van der Waals surface area contributed by atoms with Crippen molar-refractivity contribution >= 4 is 0 Å². The third kappa shape index (κ3) is 3.76. The van der Waals surface area contributed by atoms with Crippen molar-refractivity contribution in [3.05, 3.63) is 11.9 Å². The first-order chi connectivity index (χ1) is 9.24. The Morgan fingerprint density at radius 3 is 2.89 bits per heavy atom. The highest BCUT2D eigenvalue weighted by Crippen LogP contribution is 2.25. The van der Waals surface area contributed by atoms with Crippen molar-refractivity contribution in [3.8, 4) is 0 Å². The molecule has 0 amide bonds. The van der Waals surface area contributed by atoms with Crippen molar-refractivity contribution in [2.24, 2.45) is 0 Å². The Morgan fingerprint density at radius 1 is 1.32 bits per heavy atom. The van der Waals surface area contributed by atoms with Gasteiger partial charge in [0.2, 0.25) is 0 Å². The topological polar surface area (TPSA) is 46.0 Å². The molecule has 1 saturated heterocycles. The lowest BCUT2D eigenvalue weighted by atomic mass is 10.1. The number of hydrogen-bond acceptors (Lipinski definition) is 4. The molecule has 1 aromatic heterocycles. The normalized spacial score (nSPS) is 24.2. The van der Waals surface area contributed by atoms with Gasteiger partial charge in [0.15, 0.2) is 0 Å². The predicted molar refractivity (Wildman–Crippen MR) is 76.9 cm³/mol. The van der Waals surface area contributed by atoms with Gasteiger partial charge in [-0.25, -0.2) is 0 Å². The summed E-state index contributed by atoms with van der Waals surface area (Å²) < 4.78 is 1.98. The van der Waals surface area contributed by atoms with Crippen molar-refractivity contribution in [1.82, 2.24) is 25.2 Å². The van der Waals surface area contributed by atoms with Gasteiger partial charge in [0.05, 0.1) is 12.2 Å². The van der Waals surface area contributed by atoms with E-state index in [1.54, 1.807) is 0 Å². The summed E-state index contributed by atoms with van der Waals surface area (Å²) in [4.78, 5) is 2.63. The lowest BCUT2D eigenvalue weighted by Gasteiger charge is -2.27. The first-order valence-electron chi connectivity index (χ1n) is 7.60. The minimum absolute atomic E-state index is 0.717. The van der Waals surface area contributed by atoms with E-state index in [2.05, 4.69) is 47.5 Å². The second-order valence-corrected chi connectivity index (χ2v) is 5.48. The van der Waals surface area contributed by atoms with Crippen LogP contribution in [-0.4, -0.2) is 45.1 Å². The van der Waals surface area contributed by atoms with E-state index >= 15 is 0 Å². The van der Waals surface area contributed by atoms with Gasteiger partial charge in [-0.15, -0.1) is 5.10 Å². The highest BCUT2D eigenvalue weighted by atomic mass is 15.4. The van der Waals surface area contributed by atoms with Crippen LogP contribution in [0.5, 0.6) is 0 Å². The number of hydrogen-bond donors (Lipinski definition) is 1. The molecule has 0 aliphatic carbocycles. The molecule has 1 aromatic rings. The van der Waals surface area contributed by atoms with E-state index in [0.717, 1.165) is 44.0 Å². The van der Waals surface area contributed by atoms with Gasteiger partial charge >= 0.3 is 0 Å². The molecule has 1 aliphatic rings. The number of rotatable bonds is 7. The quantitative estimate of drug-likeness (QED) is 0.814. The van der Waals surface area contributed by atoms with Crippen molar-refractivity contribution < 1.29 is 0 Å². The molecule has 1 N–H and O–H groups in total. The molecule has 0 bridgehead atoms. The van der Waals surface area contributed by atoms with Crippen molar-refractivity contribution in [2.75, 3.05) is 13.1 Å². The van der Waals surface area contributed by atoms with Crippen LogP contribution in [0, 0.1) is 0 Å². The lowest BCUT2D eigenvalue weighted by molar-refractivity contribution is 0.188. The molecule has 0 spiro atoms. The SMILES string of the molecule is CCNCc1cn(CCN2C(C)CCC2CC)nn1. The summed E-state index contributed by atoms with van der Waals surface area (Å²) in [7, 11) is 0. The van der Waals surface area contributed by atoms with Gasteiger partial charge in [-0.2, -0.15) is 0 Å². The predicted octanol–water partition coefficient (Wildman–Crippen LogP) is 1.65. The Kier molecular flexibility index (Phi) is 5.34. The molecule has 0 aromatic carbocycles. The zero-order valence-corrected chi connectivity index (χ0v) is 12.5. The molecule has 0 saturated carbocycles. The third-order valence-electron chi connectivity index (χ3n) is 4.15. The van der Waals surface area contributed by atoms with Crippen LogP contribution in [0.2, 0.25) is 0 Å². The van der Waals surface area contributed by atoms with Crippen LogP contribution in [0.4, 0.5) is 0 Å². The van der Waals surface area contributed by atoms with Crippen LogP contribution in [0.15, 0.2) is 6.20 Å². The standard InChI is InChI=1S/C14H27N5/c1-4-14-7-6-12(3)19(14)9-8-18-11-13(16-17-18)10-15-5-2/h11-12,14-15H,4-10H2,1-3H3. The summed E-state index contributed by atoms with van der Waals surface area (Å²) in [6.45, 7) is 10.5. The second kappa shape index (κ2) is 7.01. The maximum Gasteiger partial charge on any atom is 0.0964 e. The number of likely N-dealkylation sites (tertiary alicyclic amines) is 1. The minimum atomic E-state index is 0.717. The summed E-state index contributed by atoms with van der Waals surface area (Å²) in [5.41, 5.74) is 1.03. The molecule has 1 aliphatic heterocycles. The highest BCUT2D eigenvalue weighted by Gasteiger charge is 2.28. The van der Waals surface area contributed by atoms with Crippen LogP contribution >= 0.6 is 0 Å². The monoisotopic (exact) mass is 265 g/mol. The number of nitrogens with zero attached hydrogens (tertiary/aromatic N) is 4. The van der Waals surface area contributed by atoms with E-state index in [1.807, 2.05) is 4.68 Å². The summed E-state index contributed by atoms with van der Waals surface area (Å²) in [5, 5.41) is 11.7. The van der Waals surface area contributed by atoms with Gasteiger partial charge in [0.1, 0.15) is 0 Å². The van der Waals surface area contributed by atoms with Crippen LogP contribution in [0.25, 0.3) is 0 Å². The Balaban J connectivity index is 1.82. The molecule has 2 unspecified atom stereocenters. The summed E-state index contributed by atoms with van der Waals surface area (Å²) >= 11 is 0. The Hall–Kier alpha value is -0.940. The van der Waals surface area contributed by atoms with Gasteiger partial charge in [-0.3, -0.25) is 9.58 Å². The zero-order valence-electron chi connectivity index (χ0n) is 12.5. The van der Waals surface area contributed by atoms with Crippen molar-refractivity contribution in [3.63, 3.8) is 0 Å². The van der Waals surface area contributed by atoms with E-state index in [4.69, 9.17) is 0 Å². The van der Waals surface area contributed by atoms with Gasteiger partial charge < -0.3 is 5.32 Å². The van der Waals surface area contributed by atoms with E-state index in [0.29, 0.717) is 0 Å². The van der Waals surface area contributed by atoms with Crippen LogP contribution < -0.4 is 5.32 Å². The first kappa shape index (κ1) is 14.5. The first-order valence-corrected chi connectivity index (χ1v) is 7.60.